The van der Waals surface area contributed by atoms with E-state index in [2.05, 4.69) is 40.7 Å². The van der Waals surface area contributed by atoms with Crippen LogP contribution in [0, 0.1) is 39.4 Å². The molecule has 0 amide bonds. The Balaban J connectivity index is 1.56. The molecule has 3 saturated carbocycles. The van der Waals surface area contributed by atoms with Crippen molar-refractivity contribution in [1.29, 1.82) is 0 Å². The average Bonchev–Trinajstić information content (AvgIpc) is 2.90. The van der Waals surface area contributed by atoms with E-state index in [1.807, 2.05) is 6.92 Å². The summed E-state index contributed by atoms with van der Waals surface area (Å²) >= 11 is 0. The van der Waals surface area contributed by atoms with Crippen LogP contribution in [0.4, 0.5) is 0 Å². The van der Waals surface area contributed by atoms with Crippen LogP contribution in [0.1, 0.15) is 100 Å². The van der Waals surface area contributed by atoms with Crippen molar-refractivity contribution in [2.24, 2.45) is 39.4 Å². The fourth-order valence-corrected chi connectivity index (χ4v) is 10.2. The zero-order chi connectivity index (χ0) is 26.0. The summed E-state index contributed by atoms with van der Waals surface area (Å²) in [5.41, 5.74) is -1.80. The summed E-state index contributed by atoms with van der Waals surface area (Å²) in [4.78, 5) is 14.3. The van der Waals surface area contributed by atoms with Crippen molar-refractivity contribution in [3.8, 4) is 0 Å². The molecule has 5 heteroatoms. The number of fused-ring (bicyclic) bond motifs is 7. The molecule has 10 atom stereocenters. The molecule has 4 fully saturated rings. The third kappa shape index (κ3) is 3.36. The van der Waals surface area contributed by atoms with Crippen molar-refractivity contribution in [1.82, 2.24) is 0 Å². The quantitative estimate of drug-likeness (QED) is 0.486. The Morgan fingerprint density at radius 1 is 1.06 bits per heavy atom. The fourth-order valence-electron chi connectivity index (χ4n) is 10.2. The van der Waals surface area contributed by atoms with Crippen LogP contribution in [-0.2, 0) is 9.53 Å². The van der Waals surface area contributed by atoms with E-state index in [0.717, 1.165) is 25.7 Å². The molecule has 4 aliphatic carbocycles. The standard InChI is InChI=1S/C30H48O5/c1-25(2,33)13-17-14-29(7,34)24-20(35-17)15-27(5)21-11-9-18-19(10-12-22(31)26(18,3)4)30(21,8)23(32)16-28(24,27)6/h9,17,19-22,24,31,33-34H,10-16H2,1-8H3. The Morgan fingerprint density at radius 2 is 1.71 bits per heavy atom. The molecule has 1 saturated heterocycles. The summed E-state index contributed by atoms with van der Waals surface area (Å²) in [5, 5.41) is 33.1. The summed E-state index contributed by atoms with van der Waals surface area (Å²) in [5.74, 6) is 0.571. The Morgan fingerprint density at radius 3 is 2.34 bits per heavy atom. The van der Waals surface area contributed by atoms with Gasteiger partial charge < -0.3 is 20.1 Å². The highest BCUT2D eigenvalue weighted by molar-refractivity contribution is 5.88. The highest BCUT2D eigenvalue weighted by Crippen LogP contribution is 2.75. The molecule has 35 heavy (non-hydrogen) atoms. The van der Waals surface area contributed by atoms with Gasteiger partial charge in [0.15, 0.2) is 0 Å². The van der Waals surface area contributed by atoms with Crippen molar-refractivity contribution >= 4 is 5.78 Å². The zero-order valence-electron chi connectivity index (χ0n) is 23.1. The second-order valence-electron chi connectivity index (χ2n) is 15.1. The largest absolute Gasteiger partial charge is 0.392 e. The normalized spacial score (nSPS) is 53.2. The zero-order valence-corrected chi connectivity index (χ0v) is 23.1. The second kappa shape index (κ2) is 7.42. The molecule has 0 spiro atoms. The number of hydrogen-bond donors (Lipinski definition) is 3. The lowest BCUT2D eigenvalue weighted by molar-refractivity contribution is -0.212. The number of allylic oxidation sites excluding steroid dienone is 1. The van der Waals surface area contributed by atoms with E-state index in [1.54, 1.807) is 13.8 Å². The Bertz CT molecular complexity index is 943. The van der Waals surface area contributed by atoms with E-state index in [4.69, 9.17) is 4.74 Å². The minimum absolute atomic E-state index is 0.110. The van der Waals surface area contributed by atoms with Gasteiger partial charge in [0.1, 0.15) is 5.78 Å². The van der Waals surface area contributed by atoms with E-state index in [1.165, 1.54) is 5.57 Å². The maximum absolute atomic E-state index is 14.3. The Hall–Kier alpha value is -0.750. The van der Waals surface area contributed by atoms with E-state index >= 15 is 0 Å². The molecular weight excluding hydrogens is 440 g/mol. The SMILES string of the molecule is CC(C)(O)CC1CC(C)(O)C2C(CC3(C)C4CC=C5C(CCC(O)C5(C)C)C4(C)C(=O)CC23C)O1. The van der Waals surface area contributed by atoms with Gasteiger partial charge in [-0.2, -0.15) is 0 Å². The Kier molecular flexibility index (Phi) is 5.49. The van der Waals surface area contributed by atoms with Crippen molar-refractivity contribution in [3.05, 3.63) is 11.6 Å². The summed E-state index contributed by atoms with van der Waals surface area (Å²) in [6, 6.07) is 0. The number of aliphatic hydroxyl groups is 3. The van der Waals surface area contributed by atoms with Crippen LogP contribution in [-0.4, -0.2) is 50.6 Å². The predicted octanol–water partition coefficient (Wildman–Crippen LogP) is 4.81. The van der Waals surface area contributed by atoms with Gasteiger partial charge in [0.25, 0.3) is 0 Å². The molecule has 5 aliphatic rings. The van der Waals surface area contributed by atoms with Crippen molar-refractivity contribution in [2.45, 2.75) is 130 Å². The fraction of sp³-hybridized carbons (Fsp3) is 0.900. The summed E-state index contributed by atoms with van der Waals surface area (Å²) in [6.07, 6.45) is 6.40. The van der Waals surface area contributed by atoms with Gasteiger partial charge in [0.05, 0.1) is 29.5 Å². The summed E-state index contributed by atoms with van der Waals surface area (Å²) in [7, 11) is 0. The molecule has 0 bridgehead atoms. The van der Waals surface area contributed by atoms with Gasteiger partial charge in [-0.05, 0) is 69.1 Å². The molecule has 0 aromatic rings. The average molecular weight is 489 g/mol. The first-order chi connectivity index (χ1) is 15.9. The first kappa shape index (κ1) is 25.9. The lowest BCUT2D eigenvalue weighted by Crippen LogP contribution is -2.64. The van der Waals surface area contributed by atoms with Crippen molar-refractivity contribution in [2.75, 3.05) is 0 Å². The van der Waals surface area contributed by atoms with Crippen molar-refractivity contribution < 1.29 is 24.9 Å². The van der Waals surface area contributed by atoms with E-state index < -0.39 is 16.6 Å². The number of carbonyl (C=O) groups excluding carboxylic acids is 1. The smallest absolute Gasteiger partial charge is 0.140 e. The number of rotatable bonds is 2. The van der Waals surface area contributed by atoms with E-state index in [-0.39, 0.29) is 52.3 Å². The third-order valence-electron chi connectivity index (χ3n) is 12.0. The van der Waals surface area contributed by atoms with Crippen LogP contribution in [0.25, 0.3) is 0 Å². The molecule has 1 heterocycles. The first-order valence-electron chi connectivity index (χ1n) is 13.9. The van der Waals surface area contributed by atoms with Gasteiger partial charge in [0.2, 0.25) is 0 Å². The molecule has 0 aromatic carbocycles. The lowest BCUT2D eigenvalue weighted by Gasteiger charge is -2.65. The predicted molar refractivity (Wildman–Crippen MR) is 136 cm³/mol. The number of ketones is 1. The number of Topliss-reactive ketones (excluding diaryl/α,β-unsaturated/α-hetero) is 1. The van der Waals surface area contributed by atoms with Crippen LogP contribution in [0.2, 0.25) is 0 Å². The molecule has 10 unspecified atom stereocenters. The summed E-state index contributed by atoms with van der Waals surface area (Å²) in [6.45, 7) is 16.6. The van der Waals surface area contributed by atoms with E-state index in [9.17, 15) is 20.1 Å². The molecule has 3 N–H and O–H groups in total. The van der Waals surface area contributed by atoms with Gasteiger partial charge in [-0.1, -0.05) is 46.3 Å². The van der Waals surface area contributed by atoms with Gasteiger partial charge in [-0.25, -0.2) is 0 Å². The molecule has 0 aromatic heterocycles. The maximum Gasteiger partial charge on any atom is 0.140 e. The molecule has 0 radical (unpaired) electrons. The Labute approximate surface area is 211 Å². The van der Waals surface area contributed by atoms with E-state index in [0.29, 0.717) is 25.0 Å². The van der Waals surface area contributed by atoms with Crippen LogP contribution in [0.3, 0.4) is 0 Å². The molecule has 198 valence electrons. The molecule has 5 nitrogen and oxygen atoms in total. The minimum Gasteiger partial charge on any atom is -0.392 e. The van der Waals surface area contributed by atoms with Gasteiger partial charge in [0, 0.05) is 36.0 Å². The maximum atomic E-state index is 14.3. The number of aliphatic hydroxyl groups excluding tert-OH is 1. The highest BCUT2D eigenvalue weighted by Gasteiger charge is 2.75. The van der Waals surface area contributed by atoms with Gasteiger partial charge >= 0.3 is 0 Å². The monoisotopic (exact) mass is 488 g/mol. The minimum atomic E-state index is -0.952. The number of carbonyl (C=O) groups is 1. The highest BCUT2D eigenvalue weighted by atomic mass is 16.5. The number of hydrogen-bond acceptors (Lipinski definition) is 5. The van der Waals surface area contributed by atoms with Crippen LogP contribution in [0.5, 0.6) is 0 Å². The first-order valence-corrected chi connectivity index (χ1v) is 13.9. The molecule has 5 rings (SSSR count). The number of ether oxygens (including phenoxy) is 1. The summed E-state index contributed by atoms with van der Waals surface area (Å²) < 4.78 is 6.67. The van der Waals surface area contributed by atoms with Gasteiger partial charge in [-0.3, -0.25) is 4.79 Å². The lowest BCUT2D eigenvalue weighted by atomic mass is 9.38. The van der Waals surface area contributed by atoms with Crippen LogP contribution in [0.15, 0.2) is 11.6 Å². The van der Waals surface area contributed by atoms with Crippen LogP contribution < -0.4 is 0 Å². The third-order valence-corrected chi connectivity index (χ3v) is 12.0. The molecular formula is C30H48O5. The topological polar surface area (TPSA) is 87.0 Å². The van der Waals surface area contributed by atoms with Crippen LogP contribution >= 0.6 is 0 Å². The van der Waals surface area contributed by atoms with Crippen molar-refractivity contribution in [3.63, 3.8) is 0 Å². The molecule has 1 aliphatic heterocycles. The van der Waals surface area contributed by atoms with Gasteiger partial charge in [-0.15, -0.1) is 0 Å². The second-order valence-corrected chi connectivity index (χ2v) is 15.1.